The van der Waals surface area contributed by atoms with E-state index in [1.54, 1.807) is 13.2 Å². The maximum absolute atomic E-state index is 10.6. The normalized spacial score (nSPS) is 10.6. The zero-order valence-corrected chi connectivity index (χ0v) is 8.47. The summed E-state index contributed by atoms with van der Waals surface area (Å²) in [5, 5.41) is 12.3. The number of ether oxygens (including phenoxy) is 1. The molecular weight excluding hydrogens is 214 g/mol. The lowest BCUT2D eigenvalue weighted by Gasteiger charge is -1.96. The molecule has 0 aliphatic rings. The third-order valence-corrected chi connectivity index (χ3v) is 2.00. The summed E-state index contributed by atoms with van der Waals surface area (Å²) in [4.78, 5) is 10.6. The Morgan fingerprint density at radius 2 is 2.44 bits per heavy atom. The van der Waals surface area contributed by atoms with Crippen molar-refractivity contribution in [3.05, 3.63) is 29.7 Å². The molecule has 2 aromatic rings. The molecule has 0 amide bonds. The number of aromatic carboxylic acids is 1. The summed E-state index contributed by atoms with van der Waals surface area (Å²) in [6.45, 7) is 0.362. The molecular formula is C10H9NO5. The maximum atomic E-state index is 10.6. The van der Waals surface area contributed by atoms with Gasteiger partial charge in [0.25, 0.3) is 0 Å². The van der Waals surface area contributed by atoms with Crippen molar-refractivity contribution >= 4 is 5.97 Å². The number of hydrogen-bond donors (Lipinski definition) is 1. The molecule has 2 aromatic heterocycles. The number of methoxy groups -OCH3 is 1. The Morgan fingerprint density at radius 1 is 1.62 bits per heavy atom. The number of rotatable bonds is 4. The molecule has 2 rings (SSSR count). The molecule has 0 aliphatic heterocycles. The van der Waals surface area contributed by atoms with E-state index in [0.29, 0.717) is 18.1 Å². The number of carboxylic acids is 1. The average molecular weight is 223 g/mol. The van der Waals surface area contributed by atoms with Crippen LogP contribution in [0, 0.1) is 0 Å². The molecule has 2 heterocycles. The monoisotopic (exact) mass is 223 g/mol. The molecule has 0 aromatic carbocycles. The maximum Gasteiger partial charge on any atom is 0.374 e. The highest BCUT2D eigenvalue weighted by atomic mass is 16.5. The number of nitrogens with zero attached hydrogens (tertiary/aromatic N) is 1. The zero-order chi connectivity index (χ0) is 11.5. The Kier molecular flexibility index (Phi) is 2.74. The lowest BCUT2D eigenvalue weighted by atomic mass is 10.2. The van der Waals surface area contributed by atoms with Crippen LogP contribution in [0.25, 0.3) is 11.5 Å². The largest absolute Gasteiger partial charge is 0.475 e. The van der Waals surface area contributed by atoms with Crippen molar-refractivity contribution in [1.29, 1.82) is 0 Å². The standard InChI is InChI=1S/C10H9NO5/c1-14-5-6-2-3-15-9(6)7-4-8(10(12)13)16-11-7/h2-4H,5H2,1H3,(H,12,13). The lowest BCUT2D eigenvalue weighted by molar-refractivity contribution is 0.0652. The van der Waals surface area contributed by atoms with Crippen LogP contribution in [0.5, 0.6) is 0 Å². The first-order valence-electron chi connectivity index (χ1n) is 4.48. The first-order valence-corrected chi connectivity index (χ1v) is 4.48. The first-order chi connectivity index (χ1) is 7.72. The molecule has 0 saturated heterocycles. The van der Waals surface area contributed by atoms with Gasteiger partial charge in [0.1, 0.15) is 5.69 Å². The molecule has 0 fully saturated rings. The Hall–Kier alpha value is -2.08. The fraction of sp³-hybridized carbons (Fsp3) is 0.200. The van der Waals surface area contributed by atoms with Gasteiger partial charge in [0.05, 0.1) is 12.9 Å². The van der Waals surface area contributed by atoms with Crippen molar-refractivity contribution in [2.75, 3.05) is 7.11 Å². The molecule has 0 saturated carbocycles. The summed E-state index contributed by atoms with van der Waals surface area (Å²) in [7, 11) is 1.56. The van der Waals surface area contributed by atoms with Crippen LogP contribution in [0.1, 0.15) is 16.1 Å². The van der Waals surface area contributed by atoms with Crippen LogP contribution in [0.2, 0.25) is 0 Å². The first kappa shape index (κ1) is 10.4. The van der Waals surface area contributed by atoms with Crippen molar-refractivity contribution in [1.82, 2.24) is 5.16 Å². The zero-order valence-electron chi connectivity index (χ0n) is 8.47. The highest BCUT2D eigenvalue weighted by Crippen LogP contribution is 2.25. The van der Waals surface area contributed by atoms with E-state index in [2.05, 4.69) is 9.68 Å². The van der Waals surface area contributed by atoms with E-state index in [1.165, 1.54) is 12.3 Å². The summed E-state index contributed by atoms with van der Waals surface area (Å²) in [6, 6.07) is 3.04. The van der Waals surface area contributed by atoms with Gasteiger partial charge in [-0.3, -0.25) is 0 Å². The third-order valence-electron chi connectivity index (χ3n) is 2.00. The molecule has 6 heteroatoms. The van der Waals surface area contributed by atoms with Gasteiger partial charge in [-0.1, -0.05) is 5.16 Å². The average Bonchev–Trinajstić information content (AvgIpc) is 2.84. The van der Waals surface area contributed by atoms with Crippen LogP contribution >= 0.6 is 0 Å². The van der Waals surface area contributed by atoms with Gasteiger partial charge in [-0.15, -0.1) is 0 Å². The molecule has 84 valence electrons. The van der Waals surface area contributed by atoms with Crippen LogP contribution in [0.3, 0.4) is 0 Å². The molecule has 0 unspecified atom stereocenters. The minimum atomic E-state index is -1.17. The second kappa shape index (κ2) is 4.19. The minimum Gasteiger partial charge on any atom is -0.475 e. The second-order valence-corrected chi connectivity index (χ2v) is 3.09. The summed E-state index contributed by atoms with van der Waals surface area (Å²) in [5.41, 5.74) is 1.13. The van der Waals surface area contributed by atoms with Gasteiger partial charge in [0, 0.05) is 18.7 Å². The Balaban J connectivity index is 2.34. The number of aromatic nitrogens is 1. The highest BCUT2D eigenvalue weighted by molar-refractivity contribution is 5.85. The fourth-order valence-electron chi connectivity index (χ4n) is 1.31. The molecule has 0 aliphatic carbocycles. The van der Waals surface area contributed by atoms with Crippen molar-refractivity contribution in [2.45, 2.75) is 6.61 Å². The molecule has 0 spiro atoms. The van der Waals surface area contributed by atoms with Crippen LogP contribution in [-0.2, 0) is 11.3 Å². The molecule has 6 nitrogen and oxygen atoms in total. The lowest BCUT2D eigenvalue weighted by Crippen LogP contribution is -1.91. The van der Waals surface area contributed by atoms with Crippen LogP contribution in [-0.4, -0.2) is 23.3 Å². The van der Waals surface area contributed by atoms with Gasteiger partial charge in [-0.05, 0) is 6.07 Å². The predicted octanol–water partition coefficient (Wildman–Crippen LogP) is 1.78. The Labute approximate surface area is 90.4 Å². The number of carbonyl (C=O) groups is 1. The van der Waals surface area contributed by atoms with E-state index in [1.807, 2.05) is 0 Å². The van der Waals surface area contributed by atoms with Crippen molar-refractivity contribution in [3.63, 3.8) is 0 Å². The molecule has 0 radical (unpaired) electrons. The van der Waals surface area contributed by atoms with E-state index in [9.17, 15) is 4.79 Å². The van der Waals surface area contributed by atoms with Gasteiger partial charge in [-0.2, -0.15) is 0 Å². The van der Waals surface area contributed by atoms with Gasteiger partial charge < -0.3 is 18.8 Å². The summed E-state index contributed by atoms with van der Waals surface area (Å²) in [6.07, 6.45) is 1.48. The quantitative estimate of drug-likeness (QED) is 0.850. The minimum absolute atomic E-state index is 0.227. The van der Waals surface area contributed by atoms with Gasteiger partial charge in [-0.25, -0.2) is 4.79 Å². The van der Waals surface area contributed by atoms with E-state index in [4.69, 9.17) is 14.3 Å². The van der Waals surface area contributed by atoms with E-state index >= 15 is 0 Å². The third kappa shape index (κ3) is 1.82. The number of furan rings is 1. The topological polar surface area (TPSA) is 85.7 Å². The van der Waals surface area contributed by atoms with Crippen LogP contribution < -0.4 is 0 Å². The number of hydrogen-bond acceptors (Lipinski definition) is 5. The molecule has 1 N–H and O–H groups in total. The SMILES string of the molecule is COCc1ccoc1-c1cc(C(=O)O)on1. The Morgan fingerprint density at radius 3 is 3.06 bits per heavy atom. The predicted molar refractivity (Wildman–Crippen MR) is 51.9 cm³/mol. The van der Waals surface area contributed by atoms with Gasteiger partial charge in [0.2, 0.25) is 5.76 Å². The Bertz CT molecular complexity index is 499. The molecule has 0 atom stereocenters. The summed E-state index contributed by atoms with van der Waals surface area (Å²) < 4.78 is 14.8. The van der Waals surface area contributed by atoms with Crippen molar-refractivity contribution in [3.8, 4) is 11.5 Å². The van der Waals surface area contributed by atoms with Crippen LogP contribution in [0.15, 0.2) is 27.3 Å². The van der Waals surface area contributed by atoms with Crippen molar-refractivity contribution in [2.24, 2.45) is 0 Å². The van der Waals surface area contributed by atoms with E-state index in [0.717, 1.165) is 5.56 Å². The van der Waals surface area contributed by atoms with E-state index < -0.39 is 5.97 Å². The number of carboxylic acid groups (broad SMARTS) is 1. The van der Waals surface area contributed by atoms with Crippen molar-refractivity contribution < 1.29 is 23.6 Å². The van der Waals surface area contributed by atoms with Gasteiger partial charge in [0.15, 0.2) is 5.76 Å². The second-order valence-electron chi connectivity index (χ2n) is 3.09. The van der Waals surface area contributed by atoms with Gasteiger partial charge >= 0.3 is 5.97 Å². The van der Waals surface area contributed by atoms with Crippen LogP contribution in [0.4, 0.5) is 0 Å². The summed E-state index contributed by atoms with van der Waals surface area (Å²) in [5.74, 6) is -0.938. The molecule has 16 heavy (non-hydrogen) atoms. The fourth-order valence-corrected chi connectivity index (χ4v) is 1.31. The highest BCUT2D eigenvalue weighted by Gasteiger charge is 2.17. The smallest absolute Gasteiger partial charge is 0.374 e. The van der Waals surface area contributed by atoms with E-state index in [-0.39, 0.29) is 5.76 Å². The summed E-state index contributed by atoms with van der Waals surface area (Å²) >= 11 is 0. The molecule has 0 bridgehead atoms.